The molecule has 1 aromatic rings. The summed E-state index contributed by atoms with van der Waals surface area (Å²) in [5.74, 6) is 1.15. The lowest BCUT2D eigenvalue weighted by Gasteiger charge is -2.18. The van der Waals surface area contributed by atoms with Crippen LogP contribution in [0.15, 0.2) is 10.6 Å². The normalized spacial score (nSPS) is 16.2. The fourth-order valence-corrected chi connectivity index (χ4v) is 1.87. The topological polar surface area (TPSA) is 76.8 Å². The van der Waals surface area contributed by atoms with E-state index in [4.69, 9.17) is 14.0 Å². The number of aromatic nitrogens is 1. The van der Waals surface area contributed by atoms with Gasteiger partial charge in [-0.15, -0.1) is 0 Å². The largest absolute Gasteiger partial charge is 0.359 e. The summed E-state index contributed by atoms with van der Waals surface area (Å²) in [7, 11) is 1.72. The molecule has 1 saturated heterocycles. The van der Waals surface area contributed by atoms with Crippen molar-refractivity contribution in [3.63, 3.8) is 0 Å². The number of amides is 2. The van der Waals surface area contributed by atoms with Gasteiger partial charge < -0.3 is 18.9 Å². The maximum Gasteiger partial charge on any atom is 0.322 e. The zero-order valence-electron chi connectivity index (χ0n) is 13.0. The first-order chi connectivity index (χ1) is 9.86. The molecule has 1 fully saturated rings. The van der Waals surface area contributed by atoms with E-state index in [1.54, 1.807) is 18.0 Å². The van der Waals surface area contributed by atoms with Crippen LogP contribution in [0.25, 0.3) is 0 Å². The van der Waals surface area contributed by atoms with Crippen LogP contribution in [0.1, 0.15) is 33.0 Å². The van der Waals surface area contributed by atoms with Gasteiger partial charge in [0, 0.05) is 31.5 Å². The predicted molar refractivity (Wildman–Crippen MR) is 77.2 cm³/mol. The molecule has 118 valence electrons. The van der Waals surface area contributed by atoms with Crippen molar-refractivity contribution in [2.45, 2.75) is 38.9 Å². The number of nitrogens with one attached hydrogen (secondary N) is 1. The highest BCUT2D eigenvalue weighted by Crippen LogP contribution is 2.24. The second-order valence-corrected chi connectivity index (χ2v) is 6.14. The lowest BCUT2D eigenvalue weighted by Crippen LogP contribution is -2.33. The Hall–Kier alpha value is -1.60. The Kier molecular flexibility index (Phi) is 4.84. The summed E-state index contributed by atoms with van der Waals surface area (Å²) in [6, 6.07) is 1.51. The number of hydrogen-bond donors (Lipinski definition) is 1. The Balaban J connectivity index is 1.81. The van der Waals surface area contributed by atoms with E-state index in [1.807, 2.05) is 20.8 Å². The van der Waals surface area contributed by atoms with Gasteiger partial charge in [-0.1, -0.05) is 25.9 Å². The van der Waals surface area contributed by atoms with Crippen molar-refractivity contribution in [2.24, 2.45) is 0 Å². The number of nitrogens with zero attached hydrogens (tertiary/aromatic N) is 2. The van der Waals surface area contributed by atoms with Gasteiger partial charge in [0.05, 0.1) is 13.2 Å². The van der Waals surface area contributed by atoms with Gasteiger partial charge in [0.2, 0.25) is 0 Å². The molecule has 7 heteroatoms. The highest BCUT2D eigenvalue weighted by Gasteiger charge is 2.21. The molecule has 1 N–H and O–H groups in total. The molecule has 0 bridgehead atoms. The van der Waals surface area contributed by atoms with Crippen molar-refractivity contribution in [3.8, 4) is 0 Å². The molecule has 1 aliphatic heterocycles. The van der Waals surface area contributed by atoms with E-state index in [2.05, 4.69) is 10.5 Å². The predicted octanol–water partition coefficient (Wildman–Crippen LogP) is 2.20. The van der Waals surface area contributed by atoms with Crippen molar-refractivity contribution >= 4 is 11.8 Å². The Morgan fingerprint density at radius 2 is 2.10 bits per heavy atom. The molecule has 0 aromatic carbocycles. The highest BCUT2D eigenvalue weighted by atomic mass is 16.7. The molecular weight excluding hydrogens is 274 g/mol. The second kappa shape index (κ2) is 6.44. The van der Waals surface area contributed by atoms with Crippen molar-refractivity contribution in [3.05, 3.63) is 11.8 Å². The Morgan fingerprint density at radius 1 is 1.43 bits per heavy atom. The number of carbonyl (C=O) groups is 1. The van der Waals surface area contributed by atoms with Crippen LogP contribution in [-0.4, -0.2) is 49.2 Å². The zero-order chi connectivity index (χ0) is 15.5. The smallest absolute Gasteiger partial charge is 0.322 e. The monoisotopic (exact) mass is 297 g/mol. The molecule has 0 radical (unpaired) electrons. The molecular formula is C14H23N3O4. The fourth-order valence-electron chi connectivity index (χ4n) is 1.87. The second-order valence-electron chi connectivity index (χ2n) is 6.14. The zero-order valence-corrected chi connectivity index (χ0v) is 13.0. The van der Waals surface area contributed by atoms with E-state index in [-0.39, 0.29) is 17.7 Å². The van der Waals surface area contributed by atoms with E-state index >= 15 is 0 Å². The van der Waals surface area contributed by atoms with Gasteiger partial charge in [-0.2, -0.15) is 0 Å². The Labute approximate surface area is 124 Å². The molecule has 1 aromatic heterocycles. The standard InChI is InChI=1S/C14H23N3O4/c1-14(2,3)10-9-11(16-21-10)15-13(18)17(4)6-5-12-19-7-8-20-12/h9,12H,5-8H2,1-4H3,(H,15,16,18). The van der Waals surface area contributed by atoms with Crippen LogP contribution in [0.5, 0.6) is 0 Å². The van der Waals surface area contributed by atoms with Crippen LogP contribution in [0.4, 0.5) is 10.6 Å². The summed E-state index contributed by atoms with van der Waals surface area (Å²) in [5.41, 5.74) is -0.140. The van der Waals surface area contributed by atoms with Gasteiger partial charge in [0.25, 0.3) is 0 Å². The number of anilines is 1. The van der Waals surface area contributed by atoms with Gasteiger partial charge in [0.15, 0.2) is 12.1 Å². The minimum absolute atomic E-state index is 0.140. The van der Waals surface area contributed by atoms with E-state index in [9.17, 15) is 4.79 Å². The third-order valence-electron chi connectivity index (χ3n) is 3.22. The maximum atomic E-state index is 12.0. The average molecular weight is 297 g/mol. The molecule has 7 nitrogen and oxygen atoms in total. The van der Waals surface area contributed by atoms with Crippen molar-refractivity contribution < 1.29 is 18.8 Å². The Morgan fingerprint density at radius 3 is 2.67 bits per heavy atom. The Bertz CT molecular complexity index is 475. The number of rotatable bonds is 4. The van der Waals surface area contributed by atoms with E-state index in [0.717, 1.165) is 5.76 Å². The molecule has 0 unspecified atom stereocenters. The molecule has 21 heavy (non-hydrogen) atoms. The summed E-state index contributed by atoms with van der Waals surface area (Å²) in [5, 5.41) is 6.57. The summed E-state index contributed by atoms with van der Waals surface area (Å²) in [6.07, 6.45) is 0.440. The molecule has 2 heterocycles. The summed E-state index contributed by atoms with van der Waals surface area (Å²) >= 11 is 0. The summed E-state index contributed by atoms with van der Waals surface area (Å²) in [4.78, 5) is 13.6. The molecule has 0 spiro atoms. The minimum atomic E-state index is -0.234. The van der Waals surface area contributed by atoms with Crippen LogP contribution >= 0.6 is 0 Å². The number of ether oxygens (including phenoxy) is 2. The van der Waals surface area contributed by atoms with Crippen LogP contribution in [0.3, 0.4) is 0 Å². The van der Waals surface area contributed by atoms with Gasteiger partial charge in [-0.3, -0.25) is 5.32 Å². The third kappa shape index (κ3) is 4.44. The summed E-state index contributed by atoms with van der Waals surface area (Å²) < 4.78 is 15.9. The van der Waals surface area contributed by atoms with Crippen molar-refractivity contribution in [2.75, 3.05) is 32.1 Å². The molecule has 2 rings (SSSR count). The first-order valence-corrected chi connectivity index (χ1v) is 7.09. The lowest BCUT2D eigenvalue weighted by molar-refractivity contribution is -0.0488. The quantitative estimate of drug-likeness (QED) is 0.922. The molecule has 1 aliphatic rings. The van der Waals surface area contributed by atoms with Gasteiger partial charge in [-0.05, 0) is 0 Å². The van der Waals surface area contributed by atoms with Gasteiger partial charge in [-0.25, -0.2) is 4.79 Å². The van der Waals surface area contributed by atoms with Crippen LogP contribution in [-0.2, 0) is 14.9 Å². The van der Waals surface area contributed by atoms with Gasteiger partial charge >= 0.3 is 6.03 Å². The first-order valence-electron chi connectivity index (χ1n) is 7.09. The molecule has 0 saturated carbocycles. The van der Waals surface area contributed by atoms with Crippen molar-refractivity contribution in [1.29, 1.82) is 0 Å². The number of urea groups is 1. The molecule has 0 atom stereocenters. The van der Waals surface area contributed by atoms with Gasteiger partial charge in [0.1, 0.15) is 5.76 Å². The lowest BCUT2D eigenvalue weighted by atomic mass is 9.93. The van der Waals surface area contributed by atoms with Crippen LogP contribution in [0.2, 0.25) is 0 Å². The summed E-state index contributed by atoms with van der Waals surface area (Å²) in [6.45, 7) is 7.84. The maximum absolute atomic E-state index is 12.0. The van der Waals surface area contributed by atoms with E-state index < -0.39 is 0 Å². The first kappa shape index (κ1) is 15.8. The fraction of sp³-hybridized carbons (Fsp3) is 0.714. The van der Waals surface area contributed by atoms with Crippen LogP contribution in [0, 0.1) is 0 Å². The SMILES string of the molecule is CN(CCC1OCCO1)C(=O)Nc1cc(C(C)(C)C)on1. The molecule has 2 amide bonds. The highest BCUT2D eigenvalue weighted by molar-refractivity contribution is 5.88. The molecule has 0 aliphatic carbocycles. The number of hydrogen-bond acceptors (Lipinski definition) is 5. The average Bonchev–Trinajstić information content (AvgIpc) is 3.05. The number of carbonyl (C=O) groups excluding carboxylic acids is 1. The third-order valence-corrected chi connectivity index (χ3v) is 3.22. The minimum Gasteiger partial charge on any atom is -0.359 e. The van der Waals surface area contributed by atoms with E-state index in [1.165, 1.54) is 0 Å². The van der Waals surface area contributed by atoms with E-state index in [0.29, 0.717) is 32.0 Å². The van der Waals surface area contributed by atoms with Crippen molar-refractivity contribution in [1.82, 2.24) is 10.1 Å². The van der Waals surface area contributed by atoms with Crippen LogP contribution < -0.4 is 5.32 Å².